The Morgan fingerprint density at radius 2 is 1.98 bits per heavy atom. The highest BCUT2D eigenvalue weighted by Crippen LogP contribution is 2.70. The molecule has 0 bridgehead atoms. The predicted molar refractivity (Wildman–Crippen MR) is 149 cm³/mol. The van der Waals surface area contributed by atoms with E-state index in [1.807, 2.05) is 29.3 Å². The van der Waals surface area contributed by atoms with Gasteiger partial charge in [0.05, 0.1) is 6.10 Å². The molecular weight excluding hydrogens is 506 g/mol. The van der Waals surface area contributed by atoms with Gasteiger partial charge in [0.15, 0.2) is 18.0 Å². The van der Waals surface area contributed by atoms with E-state index in [4.69, 9.17) is 9.57 Å². The topological polar surface area (TPSA) is 93.1 Å². The summed E-state index contributed by atoms with van der Waals surface area (Å²) >= 11 is 0. The minimum atomic E-state index is -1.14. The summed E-state index contributed by atoms with van der Waals surface area (Å²) < 4.78 is 5.25. The molecule has 8 atom stereocenters. The van der Waals surface area contributed by atoms with Crippen molar-refractivity contribution in [2.24, 2.45) is 34.5 Å². The number of hydroxylamine groups is 2. The van der Waals surface area contributed by atoms with E-state index in [1.165, 1.54) is 12.5 Å². The lowest BCUT2D eigenvalue weighted by Gasteiger charge is -2.59. The van der Waals surface area contributed by atoms with E-state index in [0.29, 0.717) is 19.5 Å². The van der Waals surface area contributed by atoms with E-state index >= 15 is 0 Å². The quantitative estimate of drug-likeness (QED) is 0.511. The molecule has 1 N–H and O–H groups in total. The third kappa shape index (κ3) is 4.15. The molecule has 3 unspecified atom stereocenters. The largest absolute Gasteiger partial charge is 0.458 e. The number of rotatable bonds is 7. The molecule has 0 radical (unpaired) electrons. The maximum absolute atomic E-state index is 14.1. The van der Waals surface area contributed by atoms with Gasteiger partial charge in [-0.2, -0.15) is 5.06 Å². The molecule has 3 saturated carbocycles. The Bertz CT molecular complexity index is 1260. The number of fused-ring (bicyclic) bond motifs is 7. The summed E-state index contributed by atoms with van der Waals surface area (Å²) in [6, 6.07) is 10.3. The minimum Gasteiger partial charge on any atom is -0.458 e. The minimum absolute atomic E-state index is 0.0173. The Labute approximate surface area is 236 Å². The van der Waals surface area contributed by atoms with Crippen LogP contribution in [0.1, 0.15) is 58.4 Å². The first kappa shape index (κ1) is 27.6. The number of carbonyl (C=O) groups excluding carboxylic acids is 3. The van der Waals surface area contributed by atoms with Crippen LogP contribution in [-0.2, 0) is 30.4 Å². The van der Waals surface area contributed by atoms with Crippen LogP contribution < -0.4 is 0 Å². The van der Waals surface area contributed by atoms with Crippen molar-refractivity contribution in [3.05, 3.63) is 59.7 Å². The van der Waals surface area contributed by atoms with Gasteiger partial charge in [-0.25, -0.2) is 0 Å². The smallest absolute Gasteiger partial charge is 0.303 e. The number of esters is 1. The van der Waals surface area contributed by atoms with E-state index in [-0.39, 0.29) is 47.3 Å². The molecule has 4 aliphatic carbocycles. The Balaban J connectivity index is 1.29. The summed E-state index contributed by atoms with van der Waals surface area (Å²) in [7, 11) is 0. The zero-order valence-corrected chi connectivity index (χ0v) is 23.8. The number of allylic oxidation sites excluding steroid dienone is 4. The first-order chi connectivity index (χ1) is 19.1. The number of benzene rings is 1. The second-order valence-corrected chi connectivity index (χ2v) is 13.2. The molecule has 1 heterocycles. The number of hydrogen-bond acceptors (Lipinski definition) is 7. The highest BCUT2D eigenvalue weighted by Gasteiger charge is 2.75. The van der Waals surface area contributed by atoms with Gasteiger partial charge >= 0.3 is 5.97 Å². The van der Waals surface area contributed by atoms with Gasteiger partial charge in [-0.15, -0.1) is 0 Å². The van der Waals surface area contributed by atoms with Gasteiger partial charge in [0.25, 0.3) is 0 Å². The summed E-state index contributed by atoms with van der Waals surface area (Å²) in [6.07, 6.45) is 9.57. The summed E-state index contributed by atoms with van der Waals surface area (Å²) in [4.78, 5) is 44.7. The van der Waals surface area contributed by atoms with E-state index in [0.717, 1.165) is 37.7 Å². The van der Waals surface area contributed by atoms with Gasteiger partial charge in [-0.1, -0.05) is 55.8 Å². The van der Waals surface area contributed by atoms with Crippen LogP contribution in [0.5, 0.6) is 0 Å². The Hall–Kier alpha value is -2.61. The van der Waals surface area contributed by atoms with Crippen molar-refractivity contribution in [1.29, 1.82) is 0 Å². The maximum Gasteiger partial charge on any atom is 0.303 e. The Morgan fingerprint density at radius 1 is 1.20 bits per heavy atom. The molecule has 5 aliphatic rings. The molecule has 1 aromatic rings. The van der Waals surface area contributed by atoms with E-state index < -0.39 is 23.1 Å². The van der Waals surface area contributed by atoms with Crippen molar-refractivity contribution in [2.75, 3.05) is 19.7 Å². The molecule has 40 heavy (non-hydrogen) atoms. The van der Waals surface area contributed by atoms with Crippen LogP contribution in [0.25, 0.3) is 0 Å². The molecule has 7 nitrogen and oxygen atoms in total. The number of aliphatic hydroxyl groups is 1. The van der Waals surface area contributed by atoms with Crippen molar-refractivity contribution in [3.8, 4) is 0 Å². The van der Waals surface area contributed by atoms with Crippen molar-refractivity contribution in [3.63, 3.8) is 0 Å². The fourth-order valence-electron chi connectivity index (χ4n) is 9.45. The van der Waals surface area contributed by atoms with Gasteiger partial charge in [-0.05, 0) is 68.1 Å². The fourth-order valence-corrected chi connectivity index (χ4v) is 9.45. The molecule has 1 aromatic carbocycles. The summed E-state index contributed by atoms with van der Waals surface area (Å²) in [5, 5.41) is 13.8. The molecule has 6 rings (SSSR count). The normalized spacial score (nSPS) is 40.0. The van der Waals surface area contributed by atoms with Crippen LogP contribution in [0.15, 0.2) is 54.1 Å². The van der Waals surface area contributed by atoms with Crippen LogP contribution in [0, 0.1) is 34.5 Å². The fraction of sp³-hybridized carbons (Fsp3) is 0.606. The molecule has 214 valence electrons. The first-order valence-corrected chi connectivity index (χ1v) is 14.9. The van der Waals surface area contributed by atoms with Gasteiger partial charge in [0, 0.05) is 42.7 Å². The highest BCUT2D eigenvalue weighted by molar-refractivity contribution is 6.01. The van der Waals surface area contributed by atoms with E-state index in [1.54, 1.807) is 12.2 Å². The molecular formula is C33H41NO6. The van der Waals surface area contributed by atoms with Crippen LogP contribution in [0.2, 0.25) is 0 Å². The molecule has 0 amide bonds. The lowest BCUT2D eigenvalue weighted by molar-refractivity contribution is -0.251. The SMILES string of the molecule is CC(=O)OCC(=O)[C@@]12ON(CCCc3ccccc3)C[C@@H]1CC1C3CCC4=CC(=O)C=C[C@]4(C)C3[C@@H](O)C[C@@]12C. The van der Waals surface area contributed by atoms with Crippen LogP contribution in [0.4, 0.5) is 0 Å². The van der Waals surface area contributed by atoms with E-state index in [9.17, 15) is 19.5 Å². The molecule has 0 aromatic heterocycles. The first-order valence-electron chi connectivity index (χ1n) is 14.9. The zero-order chi connectivity index (χ0) is 28.3. The highest BCUT2D eigenvalue weighted by atomic mass is 16.7. The lowest BCUT2D eigenvalue weighted by atomic mass is 9.46. The second-order valence-electron chi connectivity index (χ2n) is 13.2. The molecule has 1 aliphatic heterocycles. The van der Waals surface area contributed by atoms with Crippen LogP contribution in [-0.4, -0.2) is 59.1 Å². The number of aliphatic hydroxyl groups excluding tert-OH is 1. The van der Waals surface area contributed by atoms with Crippen molar-refractivity contribution >= 4 is 17.5 Å². The number of hydrogen-bond donors (Lipinski definition) is 1. The molecule has 7 heteroatoms. The second kappa shape index (κ2) is 10.0. The average molecular weight is 548 g/mol. The third-order valence-corrected chi connectivity index (χ3v) is 11.1. The number of ketones is 2. The van der Waals surface area contributed by atoms with Crippen LogP contribution >= 0.6 is 0 Å². The average Bonchev–Trinajstić information content (AvgIpc) is 3.40. The van der Waals surface area contributed by atoms with Gasteiger partial charge < -0.3 is 9.84 Å². The third-order valence-electron chi connectivity index (χ3n) is 11.1. The van der Waals surface area contributed by atoms with Gasteiger partial charge in [-0.3, -0.25) is 19.2 Å². The lowest BCUT2D eigenvalue weighted by Crippen LogP contribution is -2.63. The standard InChI is InChI=1S/C33H41NO6/c1-21(35)39-20-29(38)33-24(19-34(40-33)15-7-10-22-8-5-4-6-9-22)17-27-26-12-11-23-16-25(36)13-14-31(23,2)30(26)28(37)18-32(27,33)3/h4-6,8-9,13-14,16,24,26-28,30,37H,7,10-12,15,17-20H2,1-3H3/t24-,26?,27?,28-,30?,31-,32-,33-/m0/s1. The molecule has 4 fully saturated rings. The summed E-state index contributed by atoms with van der Waals surface area (Å²) in [6.45, 7) is 6.65. The van der Waals surface area contributed by atoms with Crippen molar-refractivity contribution in [2.45, 2.75) is 71.0 Å². The molecule has 1 saturated heterocycles. The number of nitrogens with zero attached hydrogens (tertiary/aromatic N) is 1. The van der Waals surface area contributed by atoms with Gasteiger partial charge in [0.2, 0.25) is 5.78 Å². The number of carbonyl (C=O) groups is 3. The number of Topliss-reactive ketones (excluding diaryl/α,β-unsaturated/α-hetero) is 1. The Morgan fingerprint density at radius 3 is 2.73 bits per heavy atom. The summed E-state index contributed by atoms with van der Waals surface area (Å²) in [5.41, 5.74) is 0.280. The number of aryl methyl sites for hydroxylation is 1. The molecule has 0 spiro atoms. The van der Waals surface area contributed by atoms with E-state index in [2.05, 4.69) is 26.0 Å². The van der Waals surface area contributed by atoms with Crippen molar-refractivity contribution < 1.29 is 29.1 Å². The predicted octanol–water partition coefficient (Wildman–Crippen LogP) is 4.24. The van der Waals surface area contributed by atoms with Gasteiger partial charge in [0.1, 0.15) is 0 Å². The van der Waals surface area contributed by atoms with Crippen molar-refractivity contribution in [1.82, 2.24) is 5.06 Å². The maximum atomic E-state index is 14.1. The summed E-state index contributed by atoms with van der Waals surface area (Å²) in [5.74, 6) is -0.332. The van der Waals surface area contributed by atoms with Crippen LogP contribution in [0.3, 0.4) is 0 Å². The Kier molecular flexibility index (Phi) is 6.91. The number of ether oxygens (including phenoxy) is 1. The zero-order valence-electron chi connectivity index (χ0n) is 23.8. The monoisotopic (exact) mass is 547 g/mol.